The summed E-state index contributed by atoms with van der Waals surface area (Å²) in [5, 5.41) is 8.56. The number of rotatable bonds is 4. The molecule has 0 aliphatic carbocycles. The Morgan fingerprint density at radius 1 is 1.56 bits per heavy atom. The molecule has 0 unspecified atom stereocenters. The summed E-state index contributed by atoms with van der Waals surface area (Å²) >= 11 is 5.00. The van der Waals surface area contributed by atoms with Crippen LogP contribution in [0.2, 0.25) is 0 Å². The Kier molecular flexibility index (Phi) is 3.40. The largest absolute Gasteiger partial charge is 0.481 e. The zero-order valence-electron chi connectivity index (χ0n) is 8.26. The van der Waals surface area contributed by atoms with E-state index in [1.54, 1.807) is 22.2 Å². The van der Waals surface area contributed by atoms with Crippen LogP contribution in [0, 0.1) is 0 Å². The molecule has 2 aromatic rings. The summed E-state index contributed by atoms with van der Waals surface area (Å²) in [5.74, 6) is -0.797. The average Bonchev–Trinajstić information content (AvgIpc) is 2.83. The highest BCUT2D eigenvalue weighted by atomic mass is 79.9. The Balaban J connectivity index is 2.10. The Bertz CT molecular complexity index is 506. The first kappa shape index (κ1) is 11.3. The van der Waals surface area contributed by atoms with E-state index in [2.05, 4.69) is 20.9 Å². The SMILES string of the molecule is O=C(O)CCn1cnc(-c2ccc(Br)s2)c1. The molecule has 0 amide bonds. The van der Waals surface area contributed by atoms with E-state index in [4.69, 9.17) is 5.11 Å². The highest BCUT2D eigenvalue weighted by Crippen LogP contribution is 2.29. The first-order valence-corrected chi connectivity index (χ1v) is 6.25. The van der Waals surface area contributed by atoms with Gasteiger partial charge >= 0.3 is 5.97 Å². The molecule has 0 bridgehead atoms. The summed E-state index contributed by atoms with van der Waals surface area (Å²) < 4.78 is 2.85. The lowest BCUT2D eigenvalue weighted by molar-refractivity contribution is -0.137. The zero-order chi connectivity index (χ0) is 11.5. The highest BCUT2D eigenvalue weighted by molar-refractivity contribution is 9.11. The molecule has 84 valence electrons. The van der Waals surface area contributed by atoms with Crippen LogP contribution in [0.15, 0.2) is 28.4 Å². The number of thiophene rings is 1. The second-order valence-electron chi connectivity index (χ2n) is 3.24. The number of carboxylic acid groups (broad SMARTS) is 1. The molecule has 0 saturated carbocycles. The molecular weight excluding hydrogens is 292 g/mol. The molecule has 16 heavy (non-hydrogen) atoms. The maximum atomic E-state index is 10.4. The minimum atomic E-state index is -0.797. The molecule has 4 nitrogen and oxygen atoms in total. The number of hydrogen-bond acceptors (Lipinski definition) is 3. The van der Waals surface area contributed by atoms with E-state index < -0.39 is 5.97 Å². The number of halogens is 1. The van der Waals surface area contributed by atoms with Crippen LogP contribution in [0.1, 0.15) is 6.42 Å². The Hall–Kier alpha value is -1.14. The minimum Gasteiger partial charge on any atom is -0.481 e. The Labute approximate surface area is 105 Å². The quantitative estimate of drug-likeness (QED) is 0.944. The summed E-state index contributed by atoms with van der Waals surface area (Å²) in [6.45, 7) is 0.453. The fourth-order valence-corrected chi connectivity index (χ4v) is 2.63. The van der Waals surface area contributed by atoms with Crippen molar-refractivity contribution in [3.63, 3.8) is 0 Å². The first-order chi connectivity index (χ1) is 7.65. The maximum absolute atomic E-state index is 10.4. The summed E-state index contributed by atoms with van der Waals surface area (Å²) in [7, 11) is 0. The van der Waals surface area contributed by atoms with Crippen molar-refractivity contribution in [3.8, 4) is 10.6 Å². The van der Waals surface area contributed by atoms with Crippen LogP contribution in [0.5, 0.6) is 0 Å². The third-order valence-corrected chi connectivity index (χ3v) is 3.69. The van der Waals surface area contributed by atoms with Crippen LogP contribution in [0.4, 0.5) is 0 Å². The van der Waals surface area contributed by atoms with Crippen molar-refractivity contribution in [3.05, 3.63) is 28.4 Å². The third-order valence-electron chi connectivity index (χ3n) is 2.04. The van der Waals surface area contributed by atoms with Gasteiger partial charge in [0.05, 0.1) is 27.1 Å². The molecule has 0 spiro atoms. The molecule has 0 aromatic carbocycles. The Morgan fingerprint density at radius 3 is 3.00 bits per heavy atom. The van der Waals surface area contributed by atoms with Gasteiger partial charge in [0.15, 0.2) is 0 Å². The number of nitrogens with zero attached hydrogens (tertiary/aromatic N) is 2. The molecule has 2 heterocycles. The lowest BCUT2D eigenvalue weighted by atomic mass is 10.4. The maximum Gasteiger partial charge on any atom is 0.305 e. The van der Waals surface area contributed by atoms with E-state index in [-0.39, 0.29) is 6.42 Å². The van der Waals surface area contributed by atoms with Crippen molar-refractivity contribution < 1.29 is 9.90 Å². The van der Waals surface area contributed by atoms with Crippen LogP contribution < -0.4 is 0 Å². The van der Waals surface area contributed by atoms with Crippen molar-refractivity contribution >= 4 is 33.2 Å². The molecule has 2 aromatic heterocycles. The first-order valence-electron chi connectivity index (χ1n) is 4.64. The number of carboxylic acids is 1. The summed E-state index contributed by atoms with van der Waals surface area (Å²) in [6.07, 6.45) is 3.64. The number of hydrogen-bond donors (Lipinski definition) is 1. The predicted molar refractivity (Wildman–Crippen MR) is 65.5 cm³/mol. The smallest absolute Gasteiger partial charge is 0.305 e. The second kappa shape index (κ2) is 4.80. The van der Waals surface area contributed by atoms with Gasteiger partial charge in [-0.2, -0.15) is 0 Å². The molecular formula is C10H9BrN2O2S. The molecule has 0 radical (unpaired) electrons. The van der Waals surface area contributed by atoms with E-state index >= 15 is 0 Å². The standard InChI is InChI=1S/C10H9BrN2O2S/c11-9-2-1-8(16-9)7-5-13(6-12-7)4-3-10(14)15/h1-2,5-6H,3-4H2,(H,14,15). The Morgan fingerprint density at radius 2 is 2.38 bits per heavy atom. The molecule has 2 rings (SSSR count). The van der Waals surface area contributed by atoms with Gasteiger partial charge in [-0.05, 0) is 28.1 Å². The van der Waals surface area contributed by atoms with Gasteiger partial charge in [-0.15, -0.1) is 11.3 Å². The fourth-order valence-electron chi connectivity index (χ4n) is 1.29. The van der Waals surface area contributed by atoms with E-state index in [0.29, 0.717) is 6.54 Å². The number of aliphatic carboxylic acids is 1. The molecule has 0 atom stereocenters. The van der Waals surface area contributed by atoms with Gasteiger partial charge in [-0.25, -0.2) is 4.98 Å². The van der Waals surface area contributed by atoms with E-state index in [0.717, 1.165) is 14.4 Å². The number of aromatic nitrogens is 2. The lowest BCUT2D eigenvalue weighted by Gasteiger charge is -1.96. The van der Waals surface area contributed by atoms with Gasteiger partial charge in [-0.3, -0.25) is 4.79 Å². The summed E-state index contributed by atoms with van der Waals surface area (Å²) in [4.78, 5) is 15.7. The summed E-state index contributed by atoms with van der Waals surface area (Å²) in [5.41, 5.74) is 0.876. The molecule has 0 saturated heterocycles. The topological polar surface area (TPSA) is 55.1 Å². The van der Waals surface area contributed by atoms with Crippen LogP contribution in [-0.2, 0) is 11.3 Å². The predicted octanol–water partition coefficient (Wildman–Crippen LogP) is 2.85. The fraction of sp³-hybridized carbons (Fsp3) is 0.200. The average molecular weight is 301 g/mol. The van der Waals surface area contributed by atoms with Crippen LogP contribution in [0.25, 0.3) is 10.6 Å². The van der Waals surface area contributed by atoms with Gasteiger partial charge in [0.25, 0.3) is 0 Å². The van der Waals surface area contributed by atoms with Gasteiger partial charge in [0.2, 0.25) is 0 Å². The van der Waals surface area contributed by atoms with Crippen molar-refractivity contribution in [2.45, 2.75) is 13.0 Å². The van der Waals surface area contributed by atoms with Gasteiger partial charge < -0.3 is 9.67 Å². The van der Waals surface area contributed by atoms with E-state index in [9.17, 15) is 4.79 Å². The van der Waals surface area contributed by atoms with Crippen LogP contribution in [0.3, 0.4) is 0 Å². The van der Waals surface area contributed by atoms with Gasteiger partial charge in [-0.1, -0.05) is 0 Å². The molecule has 0 fully saturated rings. The summed E-state index contributed by atoms with van der Waals surface area (Å²) in [6, 6.07) is 3.95. The van der Waals surface area contributed by atoms with Crippen LogP contribution >= 0.6 is 27.3 Å². The third kappa shape index (κ3) is 2.70. The lowest BCUT2D eigenvalue weighted by Crippen LogP contribution is -2.02. The van der Waals surface area contributed by atoms with Crippen molar-refractivity contribution in [1.82, 2.24) is 9.55 Å². The van der Waals surface area contributed by atoms with Crippen molar-refractivity contribution in [1.29, 1.82) is 0 Å². The van der Waals surface area contributed by atoms with Gasteiger partial charge in [0, 0.05) is 12.7 Å². The second-order valence-corrected chi connectivity index (χ2v) is 5.71. The van der Waals surface area contributed by atoms with Crippen LogP contribution in [-0.4, -0.2) is 20.6 Å². The molecule has 0 aliphatic heterocycles. The zero-order valence-corrected chi connectivity index (χ0v) is 10.7. The monoisotopic (exact) mass is 300 g/mol. The highest BCUT2D eigenvalue weighted by Gasteiger charge is 2.05. The number of carbonyl (C=O) groups is 1. The van der Waals surface area contributed by atoms with Gasteiger partial charge in [0.1, 0.15) is 0 Å². The minimum absolute atomic E-state index is 0.115. The molecule has 6 heteroatoms. The molecule has 0 aliphatic rings. The number of imidazole rings is 1. The number of aryl methyl sites for hydroxylation is 1. The van der Waals surface area contributed by atoms with E-state index in [1.165, 1.54) is 0 Å². The molecule has 1 N–H and O–H groups in total. The van der Waals surface area contributed by atoms with Crippen molar-refractivity contribution in [2.75, 3.05) is 0 Å². The van der Waals surface area contributed by atoms with E-state index in [1.807, 2.05) is 18.3 Å². The van der Waals surface area contributed by atoms with Crippen molar-refractivity contribution in [2.24, 2.45) is 0 Å². The normalized spacial score (nSPS) is 10.6.